The summed E-state index contributed by atoms with van der Waals surface area (Å²) in [5.74, 6) is -0.00670. The lowest BCUT2D eigenvalue weighted by molar-refractivity contribution is -0.138. The highest BCUT2D eigenvalue weighted by molar-refractivity contribution is 5.90. The molecular weight excluding hydrogens is 398 g/mol. The van der Waals surface area contributed by atoms with Gasteiger partial charge in [-0.2, -0.15) is 0 Å². The molecule has 2 heterocycles. The van der Waals surface area contributed by atoms with Crippen molar-refractivity contribution >= 4 is 17.8 Å². The molecule has 0 spiro atoms. The molecule has 0 unspecified atom stereocenters. The van der Waals surface area contributed by atoms with Gasteiger partial charge in [-0.3, -0.25) is 19.4 Å². The highest BCUT2D eigenvalue weighted by Gasteiger charge is 2.30. The number of aryl methyl sites for hydroxylation is 1. The van der Waals surface area contributed by atoms with Gasteiger partial charge >= 0.3 is 0 Å². The van der Waals surface area contributed by atoms with E-state index in [9.17, 15) is 14.4 Å². The summed E-state index contributed by atoms with van der Waals surface area (Å²) in [6.07, 6.45) is 3.33. The van der Waals surface area contributed by atoms with Gasteiger partial charge in [0, 0.05) is 44.9 Å². The molecule has 9 nitrogen and oxygen atoms in total. The average Bonchev–Trinajstić information content (AvgIpc) is 2.74. The largest absolute Gasteiger partial charge is 0.383 e. The fourth-order valence-electron chi connectivity index (χ4n) is 3.47. The molecule has 168 valence electrons. The lowest BCUT2D eigenvalue weighted by Gasteiger charge is -2.34. The van der Waals surface area contributed by atoms with Gasteiger partial charge in [0.1, 0.15) is 6.54 Å². The van der Waals surface area contributed by atoms with Gasteiger partial charge in [0.2, 0.25) is 17.8 Å². The normalized spacial score (nSPS) is 14.1. The number of nitrogens with zero attached hydrogens (tertiary/aromatic N) is 4. The topological polar surface area (TPSA) is 98.8 Å². The van der Waals surface area contributed by atoms with Crippen LogP contribution in [0.5, 0.6) is 0 Å². The van der Waals surface area contributed by atoms with E-state index >= 15 is 0 Å². The van der Waals surface area contributed by atoms with Crippen LogP contribution in [0.25, 0.3) is 0 Å². The van der Waals surface area contributed by atoms with Crippen molar-refractivity contribution in [3.63, 3.8) is 0 Å². The van der Waals surface area contributed by atoms with E-state index < -0.39 is 0 Å². The zero-order valence-electron chi connectivity index (χ0n) is 18.7. The predicted octanol–water partition coefficient (Wildman–Crippen LogP) is 1.37. The number of methoxy groups -OCH3 is 1. The molecule has 0 fully saturated rings. The van der Waals surface area contributed by atoms with E-state index in [1.165, 1.54) is 22.0 Å². The summed E-state index contributed by atoms with van der Waals surface area (Å²) in [5.41, 5.74) is 1.80. The van der Waals surface area contributed by atoms with Crippen LogP contribution < -0.4 is 10.5 Å². The quantitative estimate of drug-likeness (QED) is 0.603. The van der Waals surface area contributed by atoms with Gasteiger partial charge in [-0.05, 0) is 32.4 Å². The molecule has 31 heavy (non-hydrogen) atoms. The summed E-state index contributed by atoms with van der Waals surface area (Å²) in [6.45, 7) is 12.9. The number of likely N-dealkylation sites (N-methyl/N-ethyl adjacent to an activating group) is 2. The number of carbonyl (C=O) groups is 2. The second-order valence-corrected chi connectivity index (χ2v) is 7.14. The van der Waals surface area contributed by atoms with Crippen molar-refractivity contribution in [2.45, 2.75) is 26.7 Å². The summed E-state index contributed by atoms with van der Waals surface area (Å²) >= 11 is 0. The molecule has 0 aliphatic carbocycles. The fraction of sp³-hybridized carbons (Fsp3) is 0.455. The van der Waals surface area contributed by atoms with E-state index in [0.717, 1.165) is 0 Å². The number of aromatic amines is 1. The Morgan fingerprint density at radius 2 is 1.97 bits per heavy atom. The summed E-state index contributed by atoms with van der Waals surface area (Å²) in [4.78, 5) is 49.9. The number of aromatic nitrogens is 2. The summed E-state index contributed by atoms with van der Waals surface area (Å²) < 4.78 is 5.10. The van der Waals surface area contributed by atoms with Crippen LogP contribution in [-0.4, -0.2) is 72.0 Å². The maximum Gasteiger partial charge on any atom is 0.255 e. The molecule has 1 aliphatic rings. The molecule has 0 aromatic carbocycles. The molecule has 1 aromatic rings. The second-order valence-electron chi connectivity index (χ2n) is 7.14. The van der Waals surface area contributed by atoms with E-state index in [4.69, 9.17) is 4.74 Å². The van der Waals surface area contributed by atoms with Gasteiger partial charge in [0.05, 0.1) is 18.0 Å². The van der Waals surface area contributed by atoms with Crippen LogP contribution in [-0.2, 0) is 20.7 Å². The predicted molar refractivity (Wildman–Crippen MR) is 120 cm³/mol. The molecule has 1 N–H and O–H groups in total. The van der Waals surface area contributed by atoms with Crippen molar-refractivity contribution in [3.05, 3.63) is 58.3 Å². The summed E-state index contributed by atoms with van der Waals surface area (Å²) in [7, 11) is 3.25. The minimum atomic E-state index is -0.271. The van der Waals surface area contributed by atoms with Gasteiger partial charge in [-0.15, -0.1) is 0 Å². The Morgan fingerprint density at radius 1 is 1.29 bits per heavy atom. The first-order valence-electron chi connectivity index (χ1n) is 10.2. The Labute approximate surface area is 182 Å². The number of ether oxygens (including phenoxy) is 1. The third-order valence-electron chi connectivity index (χ3n) is 5.32. The van der Waals surface area contributed by atoms with Crippen LogP contribution in [0.2, 0.25) is 0 Å². The van der Waals surface area contributed by atoms with Crippen molar-refractivity contribution in [2.24, 2.45) is 0 Å². The Morgan fingerprint density at radius 3 is 2.52 bits per heavy atom. The van der Waals surface area contributed by atoms with Crippen LogP contribution in [0.4, 0.5) is 5.95 Å². The lowest BCUT2D eigenvalue weighted by atomic mass is 10.1. The number of carbonyl (C=O) groups excluding carboxylic acids is 2. The summed E-state index contributed by atoms with van der Waals surface area (Å²) in [6, 6.07) is 0. The molecule has 0 radical (unpaired) electrons. The molecule has 2 rings (SSSR count). The number of amides is 2. The van der Waals surface area contributed by atoms with Crippen LogP contribution in [0.3, 0.4) is 0 Å². The zero-order valence-corrected chi connectivity index (χ0v) is 18.7. The van der Waals surface area contributed by atoms with Gasteiger partial charge in [0.15, 0.2) is 0 Å². The third-order valence-corrected chi connectivity index (χ3v) is 5.32. The van der Waals surface area contributed by atoms with Crippen LogP contribution >= 0.6 is 0 Å². The number of anilines is 1. The molecule has 9 heteroatoms. The van der Waals surface area contributed by atoms with Gasteiger partial charge < -0.3 is 19.4 Å². The average molecular weight is 430 g/mol. The highest BCUT2D eigenvalue weighted by Crippen LogP contribution is 2.23. The Bertz CT molecular complexity index is 950. The van der Waals surface area contributed by atoms with E-state index in [2.05, 4.69) is 23.1 Å². The Kier molecular flexibility index (Phi) is 8.32. The maximum atomic E-state index is 12.9. The van der Waals surface area contributed by atoms with E-state index in [0.29, 0.717) is 48.3 Å². The maximum absolute atomic E-state index is 12.9. The first kappa shape index (κ1) is 24.1. The van der Waals surface area contributed by atoms with Crippen LogP contribution in [0, 0.1) is 6.92 Å². The fourth-order valence-corrected chi connectivity index (χ4v) is 3.47. The Balaban J connectivity index is 2.21. The first-order valence-corrected chi connectivity index (χ1v) is 10.2. The number of hydrogen-bond acceptors (Lipinski definition) is 6. The second kappa shape index (κ2) is 10.7. The molecular formula is C22H31N5O4. The molecule has 0 saturated carbocycles. The standard InChI is InChI=1S/C22H31N5O4/c1-7-17-18(8-2)27(14-20(29)25(17)5)19(28)11-10-16-15(4)23-22(24-21(16)30)26(9-3)12-13-31-6/h7-8H,1-2,9-14H2,3-6H3,(H,23,24,30). The number of hydrogen-bond donors (Lipinski definition) is 1. The van der Waals surface area contributed by atoms with E-state index in [-0.39, 0.29) is 36.8 Å². The van der Waals surface area contributed by atoms with Crippen LogP contribution in [0.1, 0.15) is 24.6 Å². The highest BCUT2D eigenvalue weighted by atomic mass is 16.5. The lowest BCUT2D eigenvalue weighted by Crippen LogP contribution is -2.46. The molecule has 1 aromatic heterocycles. The molecule has 0 saturated heterocycles. The van der Waals surface area contributed by atoms with Crippen molar-refractivity contribution < 1.29 is 14.3 Å². The zero-order chi connectivity index (χ0) is 23.1. The monoisotopic (exact) mass is 429 g/mol. The van der Waals surface area contributed by atoms with Crippen LogP contribution in [0.15, 0.2) is 41.5 Å². The minimum absolute atomic E-state index is 0.0604. The van der Waals surface area contributed by atoms with Crippen molar-refractivity contribution in [3.8, 4) is 0 Å². The SMILES string of the molecule is C=CC1=C(C=C)N(C(=O)CCc2c(C)nc(N(CC)CCOC)[nH]c2=O)CC(=O)N1C. The number of nitrogens with one attached hydrogen (secondary N) is 1. The van der Waals surface area contributed by atoms with Crippen molar-refractivity contribution in [1.82, 2.24) is 19.8 Å². The van der Waals surface area contributed by atoms with Gasteiger partial charge in [0.25, 0.3) is 5.56 Å². The van der Waals surface area contributed by atoms with Gasteiger partial charge in [-0.25, -0.2) is 4.98 Å². The van der Waals surface area contributed by atoms with E-state index in [1.54, 1.807) is 21.1 Å². The van der Waals surface area contributed by atoms with Crippen molar-refractivity contribution in [2.75, 3.05) is 45.3 Å². The van der Waals surface area contributed by atoms with Crippen molar-refractivity contribution in [1.29, 1.82) is 0 Å². The first-order chi connectivity index (χ1) is 14.8. The van der Waals surface area contributed by atoms with Gasteiger partial charge in [-0.1, -0.05) is 13.2 Å². The smallest absolute Gasteiger partial charge is 0.255 e. The number of allylic oxidation sites excluding steroid dienone is 2. The molecule has 0 bridgehead atoms. The van der Waals surface area contributed by atoms with E-state index in [1.807, 2.05) is 11.8 Å². The molecule has 1 aliphatic heterocycles. The third kappa shape index (κ3) is 5.29. The minimum Gasteiger partial charge on any atom is -0.383 e. The molecule has 2 amide bonds. The number of H-pyrrole nitrogens is 1. The Hall–Kier alpha value is -3.20. The summed E-state index contributed by atoms with van der Waals surface area (Å²) in [5, 5.41) is 0. The number of rotatable bonds is 10. The molecule has 0 atom stereocenters.